The van der Waals surface area contributed by atoms with Crippen LogP contribution >= 0.6 is 0 Å². The van der Waals surface area contributed by atoms with Crippen molar-refractivity contribution in [3.05, 3.63) is 65.2 Å². The first-order valence-electron chi connectivity index (χ1n) is 11.0. The number of Topliss-reactive ketones (excluding diaryl/α,β-unsaturated/α-hetero) is 1. The number of hydrogen-bond acceptors (Lipinski definition) is 3. The minimum atomic E-state index is 0.0920. The molecular weight excluding hydrogens is 374 g/mol. The van der Waals surface area contributed by atoms with E-state index in [1.807, 2.05) is 24.3 Å². The highest BCUT2D eigenvalue weighted by Crippen LogP contribution is 2.16. The van der Waals surface area contributed by atoms with Crippen LogP contribution < -0.4 is 15.1 Å². The Morgan fingerprint density at radius 2 is 1.63 bits per heavy atom. The van der Waals surface area contributed by atoms with E-state index >= 15 is 0 Å². The fraction of sp³-hybridized carbons (Fsp3) is 0.440. The molecule has 0 aliphatic carbocycles. The number of quaternary nitrogens is 1. The Balaban J connectivity index is 1.37. The molecule has 0 bridgehead atoms. The molecule has 0 spiro atoms. The van der Waals surface area contributed by atoms with Gasteiger partial charge in [0.05, 0.1) is 26.2 Å². The van der Waals surface area contributed by atoms with E-state index in [2.05, 4.69) is 48.3 Å². The quantitative estimate of drug-likeness (QED) is 0.658. The highest BCUT2D eigenvalue weighted by atomic mass is 16.2. The second-order valence-electron chi connectivity index (χ2n) is 8.51. The van der Waals surface area contributed by atoms with E-state index in [0.717, 1.165) is 43.9 Å². The maximum absolute atomic E-state index is 12.3. The predicted molar refractivity (Wildman–Crippen MR) is 121 cm³/mol. The third kappa shape index (κ3) is 6.17. The molecule has 2 aromatic rings. The second-order valence-corrected chi connectivity index (χ2v) is 8.51. The molecule has 0 atom stereocenters. The molecule has 2 N–H and O–H groups in total. The SMILES string of the molecule is CC(=O)c1ccc(N2CC[NH+](CC(=O)NCCc3ccc(C(C)C)cc3)CC2)cc1. The van der Waals surface area contributed by atoms with Gasteiger partial charge in [0.25, 0.3) is 5.91 Å². The van der Waals surface area contributed by atoms with Crippen molar-refractivity contribution in [1.29, 1.82) is 0 Å². The van der Waals surface area contributed by atoms with E-state index in [4.69, 9.17) is 0 Å². The van der Waals surface area contributed by atoms with Crippen LogP contribution in [0.25, 0.3) is 0 Å². The van der Waals surface area contributed by atoms with Gasteiger partial charge >= 0.3 is 0 Å². The lowest BCUT2D eigenvalue weighted by molar-refractivity contribution is -0.892. The number of amides is 1. The van der Waals surface area contributed by atoms with Crippen LogP contribution in [0.1, 0.15) is 48.2 Å². The largest absolute Gasteiger partial charge is 0.360 e. The van der Waals surface area contributed by atoms with Crippen LogP contribution in [0.15, 0.2) is 48.5 Å². The Bertz CT molecular complexity index is 836. The van der Waals surface area contributed by atoms with E-state index in [1.165, 1.54) is 16.0 Å². The molecule has 1 aliphatic heterocycles. The minimum Gasteiger partial charge on any atom is -0.360 e. The van der Waals surface area contributed by atoms with Crippen LogP contribution in [0.3, 0.4) is 0 Å². The molecule has 3 rings (SSSR count). The van der Waals surface area contributed by atoms with Crippen molar-refractivity contribution >= 4 is 17.4 Å². The molecule has 1 aliphatic rings. The van der Waals surface area contributed by atoms with Crippen LogP contribution in [-0.4, -0.2) is 51.0 Å². The van der Waals surface area contributed by atoms with Gasteiger partial charge in [0, 0.05) is 17.8 Å². The summed E-state index contributed by atoms with van der Waals surface area (Å²) in [6, 6.07) is 16.5. The van der Waals surface area contributed by atoms with Crippen molar-refractivity contribution in [1.82, 2.24) is 5.32 Å². The van der Waals surface area contributed by atoms with Crippen LogP contribution in [-0.2, 0) is 11.2 Å². The number of piperazine rings is 1. The lowest BCUT2D eigenvalue weighted by Crippen LogP contribution is -3.16. The molecule has 160 valence electrons. The number of rotatable bonds is 8. The summed E-state index contributed by atoms with van der Waals surface area (Å²) in [6.45, 7) is 10.9. The smallest absolute Gasteiger partial charge is 0.275 e. The molecule has 1 heterocycles. The van der Waals surface area contributed by atoms with Crippen LogP contribution in [0, 0.1) is 0 Å². The summed E-state index contributed by atoms with van der Waals surface area (Å²) in [4.78, 5) is 27.4. The molecule has 1 amide bonds. The van der Waals surface area contributed by atoms with Gasteiger partial charge in [0.2, 0.25) is 0 Å². The Morgan fingerprint density at radius 3 is 2.20 bits per heavy atom. The van der Waals surface area contributed by atoms with Crippen LogP contribution in [0.4, 0.5) is 5.69 Å². The van der Waals surface area contributed by atoms with Gasteiger partial charge in [-0.3, -0.25) is 9.59 Å². The normalized spacial score (nSPS) is 14.7. The third-order valence-electron chi connectivity index (χ3n) is 5.90. The first-order chi connectivity index (χ1) is 14.4. The summed E-state index contributed by atoms with van der Waals surface area (Å²) in [5, 5.41) is 3.07. The number of ketones is 1. The Labute approximate surface area is 180 Å². The average molecular weight is 409 g/mol. The van der Waals surface area contributed by atoms with E-state index in [-0.39, 0.29) is 11.7 Å². The monoisotopic (exact) mass is 408 g/mol. The number of nitrogens with one attached hydrogen (secondary N) is 2. The van der Waals surface area contributed by atoms with Gasteiger partial charge in [0.15, 0.2) is 12.3 Å². The van der Waals surface area contributed by atoms with E-state index in [9.17, 15) is 9.59 Å². The standard InChI is InChI=1S/C25H33N3O2/c1-19(2)22-6-4-21(5-7-22)12-13-26-25(30)18-27-14-16-28(17-15-27)24-10-8-23(9-11-24)20(3)29/h4-11,19H,12-18H2,1-3H3,(H,26,30)/p+1. The molecule has 0 aromatic heterocycles. The molecule has 30 heavy (non-hydrogen) atoms. The Morgan fingerprint density at radius 1 is 1.00 bits per heavy atom. The zero-order valence-corrected chi connectivity index (χ0v) is 18.4. The number of nitrogens with zero attached hydrogens (tertiary/aromatic N) is 1. The van der Waals surface area contributed by atoms with Crippen molar-refractivity contribution in [2.24, 2.45) is 0 Å². The zero-order valence-electron chi connectivity index (χ0n) is 18.4. The lowest BCUT2D eigenvalue weighted by atomic mass is 10.0. The van der Waals surface area contributed by atoms with Gasteiger partial charge in [-0.15, -0.1) is 0 Å². The predicted octanol–water partition coefficient (Wildman–Crippen LogP) is 2.08. The zero-order chi connectivity index (χ0) is 21.5. The molecular formula is C25H34N3O2+. The fourth-order valence-corrected chi connectivity index (χ4v) is 3.87. The summed E-state index contributed by atoms with van der Waals surface area (Å²) < 4.78 is 0. The molecule has 5 nitrogen and oxygen atoms in total. The van der Waals surface area contributed by atoms with E-state index in [1.54, 1.807) is 6.92 Å². The topological polar surface area (TPSA) is 53.9 Å². The maximum Gasteiger partial charge on any atom is 0.275 e. The third-order valence-corrected chi connectivity index (χ3v) is 5.90. The number of benzene rings is 2. The first-order valence-corrected chi connectivity index (χ1v) is 11.0. The van der Waals surface area contributed by atoms with Crippen molar-refractivity contribution in [3.8, 4) is 0 Å². The summed E-state index contributed by atoms with van der Waals surface area (Å²) in [5.41, 5.74) is 4.50. The molecule has 5 heteroatoms. The van der Waals surface area contributed by atoms with Crippen molar-refractivity contribution in [2.45, 2.75) is 33.1 Å². The van der Waals surface area contributed by atoms with Crippen LogP contribution in [0.2, 0.25) is 0 Å². The molecule has 0 unspecified atom stereocenters. The van der Waals surface area contributed by atoms with E-state index < -0.39 is 0 Å². The van der Waals surface area contributed by atoms with Gasteiger partial charge in [-0.25, -0.2) is 0 Å². The lowest BCUT2D eigenvalue weighted by Gasteiger charge is -2.33. The van der Waals surface area contributed by atoms with Crippen molar-refractivity contribution in [2.75, 3.05) is 44.2 Å². The summed E-state index contributed by atoms with van der Waals surface area (Å²) in [7, 11) is 0. The number of anilines is 1. The van der Waals surface area contributed by atoms with Gasteiger partial charge in [-0.2, -0.15) is 0 Å². The van der Waals surface area contributed by atoms with Crippen molar-refractivity contribution < 1.29 is 14.5 Å². The van der Waals surface area contributed by atoms with Gasteiger partial charge < -0.3 is 15.1 Å². The highest BCUT2D eigenvalue weighted by Gasteiger charge is 2.22. The second kappa shape index (κ2) is 10.4. The average Bonchev–Trinajstić information content (AvgIpc) is 2.75. The number of hydrogen-bond donors (Lipinski definition) is 2. The molecule has 2 aromatic carbocycles. The summed E-state index contributed by atoms with van der Waals surface area (Å²) in [6.07, 6.45) is 0.865. The summed E-state index contributed by atoms with van der Waals surface area (Å²) in [5.74, 6) is 0.763. The molecule has 0 radical (unpaired) electrons. The van der Waals surface area contributed by atoms with Gasteiger partial charge in [-0.1, -0.05) is 38.1 Å². The Kier molecular flexibility index (Phi) is 7.63. The highest BCUT2D eigenvalue weighted by molar-refractivity contribution is 5.94. The molecule has 0 saturated carbocycles. The van der Waals surface area contributed by atoms with Crippen LogP contribution in [0.5, 0.6) is 0 Å². The fourth-order valence-electron chi connectivity index (χ4n) is 3.87. The first kappa shape index (κ1) is 22.0. The van der Waals surface area contributed by atoms with Gasteiger partial charge in [-0.05, 0) is 54.7 Å². The number of carbonyl (C=O) groups is 2. The minimum absolute atomic E-state index is 0.0920. The summed E-state index contributed by atoms with van der Waals surface area (Å²) >= 11 is 0. The maximum atomic E-state index is 12.3. The Hall–Kier alpha value is -2.66. The number of carbonyl (C=O) groups excluding carboxylic acids is 2. The van der Waals surface area contributed by atoms with E-state index in [0.29, 0.717) is 19.0 Å². The molecule has 1 saturated heterocycles. The molecule has 1 fully saturated rings. The van der Waals surface area contributed by atoms with Crippen molar-refractivity contribution in [3.63, 3.8) is 0 Å². The van der Waals surface area contributed by atoms with Gasteiger partial charge in [0.1, 0.15) is 0 Å².